The molecule has 6 nitrogen and oxygen atoms in total. The smallest absolute Gasteiger partial charge is 0.258 e. The van der Waals surface area contributed by atoms with Crippen LogP contribution in [0.4, 0.5) is 0 Å². The molecular weight excluding hydrogens is 324 g/mol. The van der Waals surface area contributed by atoms with Crippen molar-refractivity contribution in [3.8, 4) is 0 Å². The number of aromatic amines is 1. The van der Waals surface area contributed by atoms with Gasteiger partial charge in [-0.1, -0.05) is 12.1 Å². The van der Waals surface area contributed by atoms with Crippen molar-refractivity contribution in [3.63, 3.8) is 0 Å². The van der Waals surface area contributed by atoms with Crippen molar-refractivity contribution < 1.29 is 4.74 Å². The summed E-state index contributed by atoms with van der Waals surface area (Å²) < 4.78 is 5.85. The Morgan fingerprint density at radius 1 is 1.42 bits per heavy atom. The molecule has 1 aliphatic rings. The van der Waals surface area contributed by atoms with E-state index in [0.29, 0.717) is 17.8 Å². The van der Waals surface area contributed by atoms with Crippen molar-refractivity contribution in [2.24, 2.45) is 0 Å². The fraction of sp³-hybridized carbons (Fsp3) is 0.353. The molecule has 0 spiro atoms. The van der Waals surface area contributed by atoms with Crippen LogP contribution in [0, 0.1) is 0 Å². The van der Waals surface area contributed by atoms with Gasteiger partial charge in [-0.3, -0.25) is 9.69 Å². The molecule has 0 bridgehead atoms. The molecule has 4 rings (SSSR count). The van der Waals surface area contributed by atoms with Gasteiger partial charge < -0.3 is 9.72 Å². The van der Waals surface area contributed by atoms with Crippen LogP contribution in [0.2, 0.25) is 0 Å². The van der Waals surface area contributed by atoms with Gasteiger partial charge in [0.1, 0.15) is 16.9 Å². The fourth-order valence-corrected chi connectivity index (χ4v) is 3.72. The minimum absolute atomic E-state index is 0.00803. The predicted octanol–water partition coefficient (Wildman–Crippen LogP) is 2.51. The van der Waals surface area contributed by atoms with Crippen molar-refractivity contribution in [1.29, 1.82) is 0 Å². The van der Waals surface area contributed by atoms with E-state index in [1.807, 2.05) is 23.6 Å². The van der Waals surface area contributed by atoms with Crippen LogP contribution in [-0.2, 0) is 4.74 Å². The Balaban J connectivity index is 1.61. The van der Waals surface area contributed by atoms with Gasteiger partial charge in [-0.25, -0.2) is 9.97 Å². The Morgan fingerprint density at radius 3 is 3.12 bits per heavy atom. The normalized spacial score (nSPS) is 20.3. The summed E-state index contributed by atoms with van der Waals surface area (Å²) in [5.74, 6) is 0.693. The molecule has 0 saturated carbocycles. The standard InChI is InChI=1S/C17H18N4O2S/c1-11(15-19-13-5-3-2-4-12(13)16(22)20-15)21-7-8-23-14(10-21)17-18-6-9-24-17/h2-6,9,11,14H,7-8,10H2,1H3,(H,19,20,22)/t11-,14-/m1/s1. The summed E-state index contributed by atoms with van der Waals surface area (Å²) in [7, 11) is 0. The molecule has 1 aliphatic heterocycles. The highest BCUT2D eigenvalue weighted by atomic mass is 32.1. The SMILES string of the molecule is C[C@H](c1nc2ccccc2c(=O)[nH]1)N1CCO[C@@H](c2nccs2)C1. The largest absolute Gasteiger partial charge is 0.368 e. The van der Waals surface area contributed by atoms with Crippen LogP contribution >= 0.6 is 11.3 Å². The molecule has 0 radical (unpaired) electrons. The number of nitrogens with zero attached hydrogens (tertiary/aromatic N) is 3. The van der Waals surface area contributed by atoms with E-state index in [-0.39, 0.29) is 17.7 Å². The number of aromatic nitrogens is 3. The maximum absolute atomic E-state index is 12.3. The number of thiazole rings is 1. The Kier molecular flexibility index (Phi) is 4.13. The first-order valence-corrected chi connectivity index (χ1v) is 8.84. The number of morpholine rings is 1. The molecule has 1 N–H and O–H groups in total. The molecule has 124 valence electrons. The van der Waals surface area contributed by atoms with Crippen molar-refractivity contribution in [2.45, 2.75) is 19.1 Å². The number of hydrogen-bond donors (Lipinski definition) is 1. The van der Waals surface area contributed by atoms with E-state index in [0.717, 1.165) is 23.6 Å². The number of ether oxygens (including phenoxy) is 1. The van der Waals surface area contributed by atoms with Gasteiger partial charge in [0.05, 0.1) is 23.6 Å². The highest BCUT2D eigenvalue weighted by Crippen LogP contribution is 2.28. The van der Waals surface area contributed by atoms with Crippen LogP contribution in [-0.4, -0.2) is 39.5 Å². The number of nitrogens with one attached hydrogen (secondary N) is 1. The molecule has 2 atom stereocenters. The molecule has 1 fully saturated rings. The number of rotatable bonds is 3. The maximum Gasteiger partial charge on any atom is 0.258 e. The van der Waals surface area contributed by atoms with Crippen LogP contribution in [0.3, 0.4) is 0 Å². The van der Waals surface area contributed by atoms with Gasteiger partial charge >= 0.3 is 0 Å². The lowest BCUT2D eigenvalue weighted by atomic mass is 10.2. The van der Waals surface area contributed by atoms with Crippen molar-refractivity contribution in [3.05, 3.63) is 57.0 Å². The average Bonchev–Trinajstić information content (AvgIpc) is 3.16. The monoisotopic (exact) mass is 342 g/mol. The molecule has 1 saturated heterocycles. The van der Waals surface area contributed by atoms with Gasteiger partial charge in [0.15, 0.2) is 0 Å². The number of fused-ring (bicyclic) bond motifs is 1. The Bertz CT molecular complexity index is 893. The number of hydrogen-bond acceptors (Lipinski definition) is 6. The van der Waals surface area contributed by atoms with E-state index in [1.54, 1.807) is 23.6 Å². The lowest BCUT2D eigenvalue weighted by Crippen LogP contribution is -2.40. The zero-order valence-electron chi connectivity index (χ0n) is 13.3. The summed E-state index contributed by atoms with van der Waals surface area (Å²) in [5.41, 5.74) is 0.639. The molecule has 3 aromatic rings. The van der Waals surface area contributed by atoms with Crippen LogP contribution in [0.25, 0.3) is 10.9 Å². The topological polar surface area (TPSA) is 71.1 Å². The number of H-pyrrole nitrogens is 1. The summed E-state index contributed by atoms with van der Waals surface area (Å²) in [5, 5.41) is 3.58. The third-order valence-electron chi connectivity index (χ3n) is 4.40. The maximum atomic E-state index is 12.3. The van der Waals surface area contributed by atoms with E-state index < -0.39 is 0 Å². The molecule has 0 amide bonds. The van der Waals surface area contributed by atoms with Gasteiger partial charge in [-0.2, -0.15) is 0 Å². The highest BCUT2D eigenvalue weighted by Gasteiger charge is 2.28. The third kappa shape index (κ3) is 2.86. The summed E-state index contributed by atoms with van der Waals surface area (Å²) >= 11 is 1.61. The summed E-state index contributed by atoms with van der Waals surface area (Å²) in [6.07, 6.45) is 1.78. The first-order valence-electron chi connectivity index (χ1n) is 7.96. The highest BCUT2D eigenvalue weighted by molar-refractivity contribution is 7.09. The molecule has 0 aliphatic carbocycles. The second-order valence-corrected chi connectivity index (χ2v) is 6.80. The Hall–Kier alpha value is -2.09. The molecule has 1 aromatic carbocycles. The fourth-order valence-electron chi connectivity index (χ4n) is 3.04. The summed E-state index contributed by atoms with van der Waals surface area (Å²) in [6, 6.07) is 7.43. The van der Waals surface area contributed by atoms with Crippen molar-refractivity contribution in [2.75, 3.05) is 19.7 Å². The van der Waals surface area contributed by atoms with Gasteiger partial charge in [-0.15, -0.1) is 11.3 Å². The lowest BCUT2D eigenvalue weighted by molar-refractivity contribution is -0.0442. The van der Waals surface area contributed by atoms with Gasteiger partial charge in [0.2, 0.25) is 0 Å². The molecule has 3 heterocycles. The first kappa shape index (κ1) is 15.4. The average molecular weight is 342 g/mol. The van der Waals surface area contributed by atoms with Crippen LogP contribution in [0.5, 0.6) is 0 Å². The van der Waals surface area contributed by atoms with Crippen molar-refractivity contribution >= 4 is 22.2 Å². The Morgan fingerprint density at radius 2 is 2.29 bits per heavy atom. The van der Waals surface area contributed by atoms with Crippen LogP contribution in [0.15, 0.2) is 40.6 Å². The number of benzene rings is 1. The van der Waals surface area contributed by atoms with Gasteiger partial charge in [0.25, 0.3) is 5.56 Å². The van der Waals surface area contributed by atoms with Crippen LogP contribution in [0.1, 0.15) is 29.9 Å². The molecule has 7 heteroatoms. The third-order valence-corrected chi connectivity index (χ3v) is 5.27. The first-order chi connectivity index (χ1) is 11.7. The predicted molar refractivity (Wildman–Crippen MR) is 93.2 cm³/mol. The zero-order valence-corrected chi connectivity index (χ0v) is 14.1. The van der Waals surface area contributed by atoms with Crippen LogP contribution < -0.4 is 5.56 Å². The van der Waals surface area contributed by atoms with Gasteiger partial charge in [-0.05, 0) is 19.1 Å². The summed E-state index contributed by atoms with van der Waals surface area (Å²) in [4.78, 5) is 26.5. The van der Waals surface area contributed by atoms with E-state index in [2.05, 4.69) is 26.8 Å². The molecular formula is C17H18N4O2S. The second-order valence-electron chi connectivity index (χ2n) is 5.87. The van der Waals surface area contributed by atoms with Crippen molar-refractivity contribution in [1.82, 2.24) is 19.9 Å². The quantitative estimate of drug-likeness (QED) is 0.792. The summed E-state index contributed by atoms with van der Waals surface area (Å²) in [6.45, 7) is 4.26. The Labute approximate surface area is 143 Å². The van der Waals surface area contributed by atoms with E-state index in [9.17, 15) is 4.79 Å². The van der Waals surface area contributed by atoms with E-state index in [4.69, 9.17) is 4.74 Å². The molecule has 24 heavy (non-hydrogen) atoms. The van der Waals surface area contributed by atoms with E-state index in [1.165, 1.54) is 0 Å². The van der Waals surface area contributed by atoms with Gasteiger partial charge in [0, 0.05) is 24.7 Å². The lowest BCUT2D eigenvalue weighted by Gasteiger charge is -2.35. The molecule has 0 unspecified atom stereocenters. The second kappa shape index (κ2) is 6.43. The minimum atomic E-state index is -0.0906. The zero-order chi connectivity index (χ0) is 16.5. The van der Waals surface area contributed by atoms with E-state index >= 15 is 0 Å². The molecule has 2 aromatic heterocycles. The minimum Gasteiger partial charge on any atom is -0.368 e. The number of para-hydroxylation sites is 1.